The lowest BCUT2D eigenvalue weighted by molar-refractivity contribution is 0.566. The van der Waals surface area contributed by atoms with Gasteiger partial charge >= 0.3 is 0 Å². The molecule has 0 aliphatic rings. The summed E-state index contributed by atoms with van der Waals surface area (Å²) in [6, 6.07) is 7.13. The molecule has 0 unspecified atom stereocenters. The summed E-state index contributed by atoms with van der Waals surface area (Å²) in [4.78, 5) is 7.21. The van der Waals surface area contributed by atoms with Gasteiger partial charge in [0, 0.05) is 17.8 Å². The highest BCUT2D eigenvalue weighted by molar-refractivity contribution is 7.71. The standard InChI is InChI=1S/C13H9F2N3S/c14-9-4-3-8(10(15)6-9)7-18-12-11(17-13(18)19)2-1-5-16-12/h1-6H,7H2,(H,17,19). The number of imidazole rings is 1. The van der Waals surface area contributed by atoms with Crippen LogP contribution in [0.4, 0.5) is 8.78 Å². The van der Waals surface area contributed by atoms with E-state index in [1.807, 2.05) is 6.07 Å². The number of nitrogens with one attached hydrogen (secondary N) is 1. The van der Waals surface area contributed by atoms with Gasteiger partial charge in [-0.25, -0.2) is 13.8 Å². The lowest BCUT2D eigenvalue weighted by Crippen LogP contribution is -2.03. The first-order chi connectivity index (χ1) is 9.15. The number of pyridine rings is 1. The number of benzene rings is 1. The molecule has 1 N–H and O–H groups in total. The van der Waals surface area contributed by atoms with Crippen molar-refractivity contribution in [2.24, 2.45) is 0 Å². The molecular weight excluding hydrogens is 268 g/mol. The topological polar surface area (TPSA) is 33.6 Å². The molecule has 0 bridgehead atoms. The van der Waals surface area contributed by atoms with E-state index in [1.54, 1.807) is 16.8 Å². The van der Waals surface area contributed by atoms with Gasteiger partial charge in [-0.1, -0.05) is 6.07 Å². The monoisotopic (exact) mass is 277 g/mol. The summed E-state index contributed by atoms with van der Waals surface area (Å²) in [7, 11) is 0. The van der Waals surface area contributed by atoms with Gasteiger partial charge in [-0.3, -0.25) is 4.57 Å². The number of nitrogens with zero attached hydrogens (tertiary/aromatic N) is 2. The fourth-order valence-corrected chi connectivity index (χ4v) is 2.22. The van der Waals surface area contributed by atoms with E-state index in [1.165, 1.54) is 12.1 Å². The van der Waals surface area contributed by atoms with E-state index < -0.39 is 11.6 Å². The maximum absolute atomic E-state index is 13.7. The molecule has 0 saturated heterocycles. The molecule has 3 rings (SSSR count). The fourth-order valence-electron chi connectivity index (χ4n) is 1.96. The third-order valence-corrected chi connectivity index (χ3v) is 3.20. The third kappa shape index (κ3) is 2.15. The Balaban J connectivity index is 2.10. The van der Waals surface area contributed by atoms with Gasteiger partial charge in [0.15, 0.2) is 10.4 Å². The van der Waals surface area contributed by atoms with E-state index >= 15 is 0 Å². The van der Waals surface area contributed by atoms with Crippen molar-refractivity contribution in [1.82, 2.24) is 14.5 Å². The highest BCUT2D eigenvalue weighted by atomic mass is 32.1. The molecule has 0 fully saturated rings. The Morgan fingerprint density at radius 3 is 2.89 bits per heavy atom. The molecule has 1 aromatic carbocycles. The predicted molar refractivity (Wildman–Crippen MR) is 70.4 cm³/mol. The van der Waals surface area contributed by atoms with Crippen LogP contribution < -0.4 is 0 Å². The minimum Gasteiger partial charge on any atom is -0.329 e. The number of aromatic nitrogens is 3. The summed E-state index contributed by atoms with van der Waals surface area (Å²) in [5, 5.41) is 0. The molecule has 0 aliphatic heterocycles. The molecule has 2 aromatic heterocycles. The first-order valence-corrected chi connectivity index (χ1v) is 6.03. The summed E-state index contributed by atoms with van der Waals surface area (Å²) >= 11 is 5.19. The fraction of sp³-hybridized carbons (Fsp3) is 0.0769. The van der Waals surface area contributed by atoms with Crippen LogP contribution in [0.15, 0.2) is 36.5 Å². The second-order valence-corrected chi connectivity index (χ2v) is 4.51. The Hall–Kier alpha value is -2.08. The van der Waals surface area contributed by atoms with Gasteiger partial charge < -0.3 is 4.98 Å². The van der Waals surface area contributed by atoms with Crippen LogP contribution in [0.2, 0.25) is 0 Å². The molecule has 0 radical (unpaired) electrons. The molecule has 3 nitrogen and oxygen atoms in total. The number of hydrogen-bond donors (Lipinski definition) is 1. The number of aromatic amines is 1. The lowest BCUT2D eigenvalue weighted by Gasteiger charge is -2.05. The third-order valence-electron chi connectivity index (χ3n) is 2.87. The average molecular weight is 277 g/mol. The number of halogens is 2. The molecule has 96 valence electrons. The van der Waals surface area contributed by atoms with Gasteiger partial charge in [-0.2, -0.15) is 0 Å². The number of rotatable bonds is 2. The quantitative estimate of drug-likeness (QED) is 0.728. The largest absolute Gasteiger partial charge is 0.329 e. The lowest BCUT2D eigenvalue weighted by atomic mass is 10.2. The summed E-state index contributed by atoms with van der Waals surface area (Å²) < 4.78 is 28.7. The highest BCUT2D eigenvalue weighted by Gasteiger charge is 2.09. The summed E-state index contributed by atoms with van der Waals surface area (Å²) in [6.45, 7) is 0.210. The second-order valence-electron chi connectivity index (χ2n) is 4.13. The molecule has 0 aliphatic carbocycles. The normalized spacial score (nSPS) is 11.1. The molecular formula is C13H9F2N3S. The van der Waals surface area contributed by atoms with Crippen molar-refractivity contribution < 1.29 is 8.78 Å². The molecule has 19 heavy (non-hydrogen) atoms. The van der Waals surface area contributed by atoms with Crippen LogP contribution in [0.5, 0.6) is 0 Å². The molecule has 3 aromatic rings. The summed E-state index contributed by atoms with van der Waals surface area (Å²) in [5.41, 5.74) is 1.80. The van der Waals surface area contributed by atoms with Crippen molar-refractivity contribution in [1.29, 1.82) is 0 Å². The van der Waals surface area contributed by atoms with Crippen LogP contribution >= 0.6 is 12.2 Å². The van der Waals surface area contributed by atoms with E-state index in [9.17, 15) is 8.78 Å². The first kappa shape index (κ1) is 12.0. The number of fused-ring (bicyclic) bond motifs is 1. The van der Waals surface area contributed by atoms with Gasteiger partial charge in [0.1, 0.15) is 11.6 Å². The molecule has 0 saturated carbocycles. The van der Waals surface area contributed by atoms with Crippen LogP contribution in [-0.4, -0.2) is 14.5 Å². The predicted octanol–water partition coefficient (Wildman–Crippen LogP) is 3.42. The van der Waals surface area contributed by atoms with Crippen molar-refractivity contribution in [3.8, 4) is 0 Å². The maximum Gasteiger partial charge on any atom is 0.179 e. The minimum atomic E-state index is -0.595. The van der Waals surface area contributed by atoms with Crippen molar-refractivity contribution in [3.05, 3.63) is 58.5 Å². The highest BCUT2D eigenvalue weighted by Crippen LogP contribution is 2.16. The zero-order valence-corrected chi connectivity index (χ0v) is 10.5. The molecule has 2 heterocycles. The zero-order chi connectivity index (χ0) is 13.4. The van der Waals surface area contributed by atoms with E-state index in [2.05, 4.69) is 9.97 Å². The van der Waals surface area contributed by atoms with E-state index in [0.29, 0.717) is 16.0 Å². The van der Waals surface area contributed by atoms with Crippen LogP contribution in [-0.2, 0) is 6.54 Å². The van der Waals surface area contributed by atoms with Gasteiger partial charge in [0.2, 0.25) is 0 Å². The minimum absolute atomic E-state index is 0.210. The van der Waals surface area contributed by atoms with Crippen LogP contribution in [0.25, 0.3) is 11.2 Å². The van der Waals surface area contributed by atoms with Crippen molar-refractivity contribution >= 4 is 23.4 Å². The Morgan fingerprint density at radius 1 is 1.26 bits per heavy atom. The number of H-pyrrole nitrogens is 1. The number of hydrogen-bond acceptors (Lipinski definition) is 2. The van der Waals surface area contributed by atoms with Gasteiger partial charge in [0.05, 0.1) is 12.1 Å². The van der Waals surface area contributed by atoms with Crippen molar-refractivity contribution in [3.63, 3.8) is 0 Å². The van der Waals surface area contributed by atoms with Crippen molar-refractivity contribution in [2.45, 2.75) is 6.54 Å². The zero-order valence-electron chi connectivity index (χ0n) is 9.73. The van der Waals surface area contributed by atoms with Gasteiger partial charge in [-0.15, -0.1) is 0 Å². The second kappa shape index (κ2) is 4.55. The molecule has 0 spiro atoms. The van der Waals surface area contributed by atoms with Gasteiger partial charge in [-0.05, 0) is 30.4 Å². The Kier molecular flexibility index (Phi) is 2.87. The van der Waals surface area contributed by atoms with Crippen LogP contribution in [0.3, 0.4) is 0 Å². The first-order valence-electron chi connectivity index (χ1n) is 5.62. The Labute approximate surface area is 112 Å². The SMILES string of the molecule is Fc1ccc(Cn2c(=S)[nH]c3cccnc32)c(F)c1. The van der Waals surface area contributed by atoms with Crippen molar-refractivity contribution in [2.75, 3.05) is 0 Å². The Morgan fingerprint density at radius 2 is 2.11 bits per heavy atom. The summed E-state index contributed by atoms with van der Waals surface area (Å²) in [5.74, 6) is -1.19. The molecule has 6 heteroatoms. The average Bonchev–Trinajstić information content (AvgIpc) is 2.69. The van der Waals surface area contributed by atoms with E-state index in [0.717, 1.165) is 11.6 Å². The molecule has 0 amide bonds. The smallest absolute Gasteiger partial charge is 0.179 e. The van der Waals surface area contributed by atoms with E-state index in [-0.39, 0.29) is 6.54 Å². The summed E-state index contributed by atoms with van der Waals surface area (Å²) in [6.07, 6.45) is 1.64. The Bertz CT molecular complexity index is 807. The molecule has 0 atom stereocenters. The van der Waals surface area contributed by atoms with Gasteiger partial charge in [0.25, 0.3) is 0 Å². The van der Waals surface area contributed by atoms with E-state index in [4.69, 9.17) is 12.2 Å². The van der Waals surface area contributed by atoms with Crippen LogP contribution in [0, 0.1) is 16.4 Å². The maximum atomic E-state index is 13.7. The van der Waals surface area contributed by atoms with Crippen LogP contribution in [0.1, 0.15) is 5.56 Å².